The van der Waals surface area contributed by atoms with Crippen molar-refractivity contribution in [1.29, 1.82) is 0 Å². The molecule has 122 valence electrons. The fraction of sp³-hybridized carbons (Fsp3) is 0.105. The molecule has 3 nitrogen and oxygen atoms in total. The standard InChI is InChI=1S/C19H16ClNO2S/c1-23-18-9-7-15(20)11-17(18)21-19(22)12-24-16-8-6-13-4-2-3-5-14(13)10-16/h2-11H,12H2,1H3,(H,21,22). The lowest BCUT2D eigenvalue weighted by atomic mass is 10.1. The van der Waals surface area contributed by atoms with Crippen molar-refractivity contribution in [2.24, 2.45) is 0 Å². The molecule has 0 atom stereocenters. The van der Waals surface area contributed by atoms with Crippen molar-refractivity contribution in [3.63, 3.8) is 0 Å². The number of thioether (sulfide) groups is 1. The number of anilines is 1. The van der Waals surface area contributed by atoms with Crippen molar-refractivity contribution in [1.82, 2.24) is 0 Å². The summed E-state index contributed by atoms with van der Waals surface area (Å²) >= 11 is 7.47. The van der Waals surface area contributed by atoms with Crippen LogP contribution in [0.1, 0.15) is 0 Å². The Kier molecular flexibility index (Phi) is 5.28. The number of halogens is 1. The van der Waals surface area contributed by atoms with E-state index >= 15 is 0 Å². The first-order chi connectivity index (χ1) is 11.7. The van der Waals surface area contributed by atoms with Crippen LogP contribution < -0.4 is 10.1 Å². The van der Waals surface area contributed by atoms with E-state index in [0.717, 1.165) is 4.90 Å². The summed E-state index contributed by atoms with van der Waals surface area (Å²) in [6, 6.07) is 19.5. The first kappa shape index (κ1) is 16.7. The third-order valence-electron chi connectivity index (χ3n) is 3.53. The van der Waals surface area contributed by atoms with Gasteiger partial charge in [0.2, 0.25) is 5.91 Å². The van der Waals surface area contributed by atoms with Crippen molar-refractivity contribution in [3.05, 3.63) is 65.7 Å². The van der Waals surface area contributed by atoms with Crippen LogP contribution in [-0.4, -0.2) is 18.8 Å². The van der Waals surface area contributed by atoms with Gasteiger partial charge in [-0.05, 0) is 41.1 Å². The molecule has 0 saturated heterocycles. The Labute approximate surface area is 150 Å². The minimum atomic E-state index is -0.103. The first-order valence-corrected chi connectivity index (χ1v) is 8.77. The van der Waals surface area contributed by atoms with Gasteiger partial charge in [-0.3, -0.25) is 4.79 Å². The average molecular weight is 358 g/mol. The van der Waals surface area contributed by atoms with E-state index < -0.39 is 0 Å². The highest BCUT2D eigenvalue weighted by Crippen LogP contribution is 2.28. The van der Waals surface area contributed by atoms with Crippen molar-refractivity contribution in [3.8, 4) is 5.75 Å². The zero-order chi connectivity index (χ0) is 16.9. The lowest BCUT2D eigenvalue weighted by Crippen LogP contribution is -2.14. The molecule has 0 unspecified atom stereocenters. The van der Waals surface area contributed by atoms with Crippen LogP contribution in [0.15, 0.2) is 65.6 Å². The van der Waals surface area contributed by atoms with Crippen molar-refractivity contribution in [2.45, 2.75) is 4.90 Å². The Morgan fingerprint density at radius 2 is 1.88 bits per heavy atom. The lowest BCUT2D eigenvalue weighted by Gasteiger charge is -2.10. The number of ether oxygens (including phenoxy) is 1. The lowest BCUT2D eigenvalue weighted by molar-refractivity contribution is -0.113. The number of carbonyl (C=O) groups excluding carboxylic acids is 1. The molecule has 0 saturated carbocycles. The van der Waals surface area contributed by atoms with E-state index in [9.17, 15) is 4.79 Å². The Bertz CT molecular complexity index is 882. The molecule has 0 heterocycles. The molecule has 0 aliphatic carbocycles. The maximum absolute atomic E-state index is 12.2. The van der Waals surface area contributed by atoms with E-state index in [-0.39, 0.29) is 5.91 Å². The van der Waals surface area contributed by atoms with E-state index in [1.54, 1.807) is 25.3 Å². The van der Waals surface area contributed by atoms with Crippen LogP contribution in [0.3, 0.4) is 0 Å². The maximum atomic E-state index is 12.2. The normalized spacial score (nSPS) is 10.6. The second-order valence-electron chi connectivity index (χ2n) is 5.19. The number of benzene rings is 3. The topological polar surface area (TPSA) is 38.3 Å². The Morgan fingerprint density at radius 1 is 1.08 bits per heavy atom. The molecule has 3 aromatic rings. The Balaban J connectivity index is 1.65. The van der Waals surface area contributed by atoms with Gasteiger partial charge in [0.15, 0.2) is 0 Å². The molecule has 0 aliphatic rings. The summed E-state index contributed by atoms with van der Waals surface area (Å²) < 4.78 is 5.23. The zero-order valence-electron chi connectivity index (χ0n) is 13.1. The highest BCUT2D eigenvalue weighted by Gasteiger charge is 2.09. The number of hydrogen-bond acceptors (Lipinski definition) is 3. The molecule has 0 bridgehead atoms. The van der Waals surface area contributed by atoms with E-state index in [4.69, 9.17) is 16.3 Å². The Morgan fingerprint density at radius 3 is 2.67 bits per heavy atom. The van der Waals surface area contributed by atoms with Crippen molar-refractivity contribution < 1.29 is 9.53 Å². The van der Waals surface area contributed by atoms with Crippen molar-refractivity contribution in [2.75, 3.05) is 18.2 Å². The molecular formula is C19H16ClNO2S. The van der Waals surface area contributed by atoms with Crippen molar-refractivity contribution >= 4 is 45.7 Å². The largest absolute Gasteiger partial charge is 0.495 e. The number of fused-ring (bicyclic) bond motifs is 1. The third-order valence-corrected chi connectivity index (χ3v) is 4.76. The molecule has 0 aliphatic heterocycles. The summed E-state index contributed by atoms with van der Waals surface area (Å²) in [5, 5.41) is 5.75. The zero-order valence-corrected chi connectivity index (χ0v) is 14.7. The van der Waals surface area contributed by atoms with Gasteiger partial charge < -0.3 is 10.1 Å². The van der Waals surface area contributed by atoms with Crippen LogP contribution in [0, 0.1) is 0 Å². The molecule has 0 fully saturated rings. The fourth-order valence-corrected chi connectivity index (χ4v) is 3.29. The van der Waals surface area contributed by atoms with Gasteiger partial charge in [0.25, 0.3) is 0 Å². The molecule has 1 amide bonds. The average Bonchev–Trinajstić information content (AvgIpc) is 2.60. The highest BCUT2D eigenvalue weighted by atomic mass is 35.5. The summed E-state index contributed by atoms with van der Waals surface area (Å²) in [7, 11) is 1.56. The number of amides is 1. The summed E-state index contributed by atoms with van der Waals surface area (Å²) in [5.74, 6) is 0.797. The predicted molar refractivity (Wildman–Crippen MR) is 101 cm³/mol. The molecule has 5 heteroatoms. The van der Waals surface area contributed by atoms with Crippen LogP contribution in [0.5, 0.6) is 5.75 Å². The summed E-state index contributed by atoms with van der Waals surface area (Å²) in [6.45, 7) is 0. The summed E-state index contributed by atoms with van der Waals surface area (Å²) in [4.78, 5) is 13.3. The van der Waals surface area contributed by atoms with Crippen LogP contribution in [0.2, 0.25) is 5.02 Å². The van der Waals surface area contributed by atoms with Crippen LogP contribution in [0.4, 0.5) is 5.69 Å². The van der Waals surface area contributed by atoms with Gasteiger partial charge in [-0.25, -0.2) is 0 Å². The number of methoxy groups -OCH3 is 1. The predicted octanol–water partition coefficient (Wildman–Crippen LogP) is 5.23. The van der Waals surface area contributed by atoms with Crippen LogP contribution in [-0.2, 0) is 4.79 Å². The van der Waals surface area contributed by atoms with Gasteiger partial charge in [0, 0.05) is 9.92 Å². The van der Waals surface area contributed by atoms with E-state index in [2.05, 4.69) is 29.6 Å². The summed E-state index contributed by atoms with van der Waals surface area (Å²) in [5.41, 5.74) is 0.578. The highest BCUT2D eigenvalue weighted by molar-refractivity contribution is 8.00. The van der Waals surface area contributed by atoms with E-state index in [1.807, 2.05) is 18.2 Å². The van der Waals surface area contributed by atoms with Gasteiger partial charge >= 0.3 is 0 Å². The number of hydrogen-bond donors (Lipinski definition) is 1. The second kappa shape index (κ2) is 7.60. The molecule has 0 radical (unpaired) electrons. The molecule has 3 rings (SSSR count). The molecule has 0 spiro atoms. The second-order valence-corrected chi connectivity index (χ2v) is 6.68. The van der Waals surface area contributed by atoms with Gasteiger partial charge in [-0.15, -0.1) is 11.8 Å². The molecular weight excluding hydrogens is 342 g/mol. The minimum absolute atomic E-state index is 0.103. The molecule has 0 aromatic heterocycles. The van der Waals surface area contributed by atoms with Crippen LogP contribution >= 0.6 is 23.4 Å². The molecule has 24 heavy (non-hydrogen) atoms. The van der Waals surface area contributed by atoms with Gasteiger partial charge in [0.05, 0.1) is 18.6 Å². The number of carbonyl (C=O) groups is 1. The minimum Gasteiger partial charge on any atom is -0.495 e. The quantitative estimate of drug-likeness (QED) is 0.635. The smallest absolute Gasteiger partial charge is 0.234 e. The SMILES string of the molecule is COc1ccc(Cl)cc1NC(=O)CSc1ccc2ccccc2c1. The Hall–Kier alpha value is -2.17. The maximum Gasteiger partial charge on any atom is 0.234 e. The number of nitrogens with one attached hydrogen (secondary N) is 1. The van der Waals surface area contributed by atoms with E-state index in [1.165, 1.54) is 22.5 Å². The van der Waals surface area contributed by atoms with Gasteiger partial charge in [-0.1, -0.05) is 41.9 Å². The fourth-order valence-electron chi connectivity index (χ4n) is 2.37. The number of rotatable bonds is 5. The van der Waals surface area contributed by atoms with Crippen LogP contribution in [0.25, 0.3) is 10.8 Å². The monoisotopic (exact) mass is 357 g/mol. The molecule has 1 N–H and O–H groups in total. The van der Waals surface area contributed by atoms with E-state index in [0.29, 0.717) is 22.2 Å². The van der Waals surface area contributed by atoms with Gasteiger partial charge in [0.1, 0.15) is 5.75 Å². The summed E-state index contributed by atoms with van der Waals surface area (Å²) in [6.07, 6.45) is 0. The molecule has 3 aromatic carbocycles. The third kappa shape index (κ3) is 4.02. The van der Waals surface area contributed by atoms with Gasteiger partial charge in [-0.2, -0.15) is 0 Å². The first-order valence-electron chi connectivity index (χ1n) is 7.41.